The average molecular weight is 373 g/mol. The lowest BCUT2D eigenvalue weighted by Gasteiger charge is -2.35. The summed E-state index contributed by atoms with van der Waals surface area (Å²) in [6.07, 6.45) is -3.76. The number of hydrogen-bond acceptors (Lipinski definition) is 4. The number of nitrogens with one attached hydrogen (secondary N) is 1. The van der Waals surface area contributed by atoms with E-state index in [-0.39, 0.29) is 11.6 Å². The molecule has 0 bridgehead atoms. The van der Waals surface area contributed by atoms with Gasteiger partial charge in [-0.25, -0.2) is 0 Å². The zero-order valence-corrected chi connectivity index (χ0v) is 13.9. The predicted molar refractivity (Wildman–Crippen MR) is 89.5 cm³/mol. The first-order chi connectivity index (χ1) is 11.8. The number of rotatable bonds is 3. The Morgan fingerprint density at radius 2 is 2.00 bits per heavy atom. The molecule has 0 saturated carbocycles. The summed E-state index contributed by atoms with van der Waals surface area (Å²) in [7, 11) is 0. The van der Waals surface area contributed by atoms with Gasteiger partial charge in [0.15, 0.2) is 0 Å². The van der Waals surface area contributed by atoms with Crippen LogP contribution >= 0.6 is 11.6 Å². The van der Waals surface area contributed by atoms with Gasteiger partial charge in [0.05, 0.1) is 24.0 Å². The highest BCUT2D eigenvalue weighted by atomic mass is 35.5. The van der Waals surface area contributed by atoms with Gasteiger partial charge in [0.2, 0.25) is 0 Å². The zero-order chi connectivity index (χ0) is 18.0. The van der Waals surface area contributed by atoms with Crippen LogP contribution in [0.3, 0.4) is 0 Å². The molecule has 2 aromatic rings. The average Bonchev–Trinajstić information content (AvgIpc) is 2.57. The summed E-state index contributed by atoms with van der Waals surface area (Å²) in [5, 5.41) is 6.91. The molecule has 134 valence electrons. The van der Waals surface area contributed by atoms with Crippen molar-refractivity contribution < 1.29 is 13.2 Å². The first-order valence-corrected chi connectivity index (χ1v) is 8.11. The maximum atomic E-state index is 12.6. The Labute approximate surface area is 147 Å². The topological polar surface area (TPSA) is 50.2 Å². The van der Waals surface area contributed by atoms with Crippen LogP contribution < -0.4 is 15.8 Å². The Bertz CT molecular complexity index is 794. The maximum absolute atomic E-state index is 12.6. The van der Waals surface area contributed by atoms with Crippen LogP contribution in [0.5, 0.6) is 0 Å². The van der Waals surface area contributed by atoms with Gasteiger partial charge in [0.1, 0.15) is 5.02 Å². The number of hydrogen-bond donors (Lipinski definition) is 1. The molecular formula is C16H16ClF3N4O. The molecule has 1 atom stereocenters. The number of piperazine rings is 1. The van der Waals surface area contributed by atoms with E-state index >= 15 is 0 Å². The predicted octanol–water partition coefficient (Wildman–Crippen LogP) is 2.62. The van der Waals surface area contributed by atoms with Crippen molar-refractivity contribution in [1.29, 1.82) is 0 Å². The molecule has 1 aromatic carbocycles. The van der Waals surface area contributed by atoms with E-state index < -0.39 is 24.2 Å². The molecule has 1 saturated heterocycles. The Kier molecular flexibility index (Phi) is 5.01. The summed E-state index contributed by atoms with van der Waals surface area (Å²) in [4.78, 5) is 14.2. The van der Waals surface area contributed by atoms with E-state index in [0.29, 0.717) is 24.5 Å². The first kappa shape index (κ1) is 17.8. The van der Waals surface area contributed by atoms with Crippen LogP contribution in [0.1, 0.15) is 6.42 Å². The molecule has 1 aromatic heterocycles. The second-order valence-electron chi connectivity index (χ2n) is 5.81. The van der Waals surface area contributed by atoms with E-state index in [0.717, 1.165) is 0 Å². The van der Waals surface area contributed by atoms with Crippen molar-refractivity contribution in [3.63, 3.8) is 0 Å². The third kappa shape index (κ3) is 4.13. The van der Waals surface area contributed by atoms with Gasteiger partial charge in [0.25, 0.3) is 5.56 Å². The number of alkyl halides is 3. The minimum absolute atomic E-state index is 0.0495. The zero-order valence-electron chi connectivity index (χ0n) is 13.1. The largest absolute Gasteiger partial charge is 0.390 e. The van der Waals surface area contributed by atoms with Crippen LogP contribution in [0.2, 0.25) is 5.02 Å². The molecule has 1 fully saturated rings. The highest BCUT2D eigenvalue weighted by molar-refractivity contribution is 6.33. The van der Waals surface area contributed by atoms with E-state index in [1.165, 1.54) is 10.9 Å². The molecule has 1 aliphatic heterocycles. The summed E-state index contributed by atoms with van der Waals surface area (Å²) in [6, 6.07) is 8.03. The molecule has 3 rings (SSSR count). The first-order valence-electron chi connectivity index (χ1n) is 7.73. The van der Waals surface area contributed by atoms with Gasteiger partial charge in [-0.1, -0.05) is 29.8 Å². The van der Waals surface area contributed by atoms with Gasteiger partial charge >= 0.3 is 6.18 Å². The highest BCUT2D eigenvalue weighted by Gasteiger charge is 2.34. The number of nitrogens with zero attached hydrogens (tertiary/aromatic N) is 3. The lowest BCUT2D eigenvalue weighted by molar-refractivity contribution is -0.139. The van der Waals surface area contributed by atoms with Gasteiger partial charge in [-0.05, 0) is 12.1 Å². The molecule has 2 heterocycles. The molecule has 0 amide bonds. The van der Waals surface area contributed by atoms with Crippen LogP contribution in [-0.2, 0) is 0 Å². The molecule has 25 heavy (non-hydrogen) atoms. The smallest absolute Gasteiger partial charge is 0.366 e. The number of benzene rings is 1. The van der Waals surface area contributed by atoms with Crippen LogP contribution in [0.4, 0.5) is 18.9 Å². The van der Waals surface area contributed by atoms with Crippen molar-refractivity contribution in [2.45, 2.75) is 18.6 Å². The van der Waals surface area contributed by atoms with Crippen LogP contribution in [0.15, 0.2) is 41.3 Å². The van der Waals surface area contributed by atoms with Gasteiger partial charge < -0.3 is 10.2 Å². The quantitative estimate of drug-likeness (QED) is 0.900. The van der Waals surface area contributed by atoms with E-state index in [4.69, 9.17) is 11.6 Å². The molecule has 9 heteroatoms. The van der Waals surface area contributed by atoms with Crippen molar-refractivity contribution in [3.05, 3.63) is 51.9 Å². The normalized spacial score (nSPS) is 18.4. The molecule has 1 N–H and O–H groups in total. The van der Waals surface area contributed by atoms with Gasteiger partial charge in [0, 0.05) is 25.7 Å². The van der Waals surface area contributed by atoms with Crippen molar-refractivity contribution >= 4 is 17.3 Å². The monoisotopic (exact) mass is 372 g/mol. The number of anilines is 1. The molecule has 0 radical (unpaired) electrons. The molecule has 1 unspecified atom stereocenters. The van der Waals surface area contributed by atoms with Crippen molar-refractivity contribution in [1.82, 2.24) is 15.1 Å². The van der Waals surface area contributed by atoms with Crippen LogP contribution in [-0.4, -0.2) is 41.6 Å². The summed E-state index contributed by atoms with van der Waals surface area (Å²) >= 11 is 6.20. The standard InChI is InChI=1S/C16H16ClF3N4O/c17-14-13(23-7-6-21-11(10-23)8-16(18,19)20)9-22-24(15(14)25)12-4-2-1-3-5-12/h1-5,9,11,21H,6-8,10H2. The molecule has 0 aliphatic carbocycles. The Morgan fingerprint density at radius 3 is 2.68 bits per heavy atom. The highest BCUT2D eigenvalue weighted by Crippen LogP contribution is 2.26. The summed E-state index contributed by atoms with van der Waals surface area (Å²) in [6.45, 7) is 0.930. The third-order valence-electron chi connectivity index (χ3n) is 3.98. The minimum atomic E-state index is -4.25. The second kappa shape index (κ2) is 7.05. The molecule has 5 nitrogen and oxygen atoms in total. The minimum Gasteiger partial charge on any atom is -0.366 e. The van der Waals surface area contributed by atoms with Gasteiger partial charge in [-0.2, -0.15) is 23.0 Å². The number of para-hydroxylation sites is 1. The lowest BCUT2D eigenvalue weighted by Crippen LogP contribution is -2.52. The fourth-order valence-electron chi connectivity index (χ4n) is 2.86. The van der Waals surface area contributed by atoms with Gasteiger partial charge in [-0.3, -0.25) is 4.79 Å². The fraction of sp³-hybridized carbons (Fsp3) is 0.375. The van der Waals surface area contributed by atoms with E-state index in [1.807, 2.05) is 6.07 Å². The van der Waals surface area contributed by atoms with Gasteiger partial charge in [-0.15, -0.1) is 0 Å². The fourth-order valence-corrected chi connectivity index (χ4v) is 3.11. The molecular weight excluding hydrogens is 357 g/mol. The summed E-state index contributed by atoms with van der Waals surface area (Å²) in [5.41, 5.74) is 0.417. The number of halogens is 4. The van der Waals surface area contributed by atoms with E-state index in [2.05, 4.69) is 10.4 Å². The Hall–Kier alpha value is -2.06. The van der Waals surface area contributed by atoms with Crippen molar-refractivity contribution in [3.8, 4) is 5.69 Å². The van der Waals surface area contributed by atoms with Crippen LogP contribution in [0, 0.1) is 0 Å². The second-order valence-corrected chi connectivity index (χ2v) is 6.19. The lowest BCUT2D eigenvalue weighted by atomic mass is 10.1. The summed E-state index contributed by atoms with van der Waals surface area (Å²) in [5.74, 6) is 0. The SMILES string of the molecule is O=c1c(Cl)c(N2CCNC(CC(F)(F)F)C2)cnn1-c1ccccc1. The Morgan fingerprint density at radius 1 is 1.28 bits per heavy atom. The van der Waals surface area contributed by atoms with Crippen molar-refractivity contribution in [2.75, 3.05) is 24.5 Å². The molecule has 1 aliphatic rings. The van der Waals surface area contributed by atoms with Crippen molar-refractivity contribution in [2.24, 2.45) is 0 Å². The van der Waals surface area contributed by atoms with Crippen LogP contribution in [0.25, 0.3) is 5.69 Å². The van der Waals surface area contributed by atoms with E-state index in [1.54, 1.807) is 29.2 Å². The third-order valence-corrected chi connectivity index (χ3v) is 4.33. The van der Waals surface area contributed by atoms with E-state index in [9.17, 15) is 18.0 Å². The number of aromatic nitrogens is 2. The Balaban J connectivity index is 1.86. The maximum Gasteiger partial charge on any atom is 0.390 e. The summed E-state index contributed by atoms with van der Waals surface area (Å²) < 4.78 is 39.0. The molecule has 0 spiro atoms.